The minimum absolute atomic E-state index is 0.0538. The summed E-state index contributed by atoms with van der Waals surface area (Å²) < 4.78 is 5.91. The fourth-order valence-corrected chi connectivity index (χ4v) is 7.67. The number of rotatable bonds is 46. The highest BCUT2D eigenvalue weighted by atomic mass is 16.5. The molecule has 0 aliphatic rings. The van der Waals surface area contributed by atoms with Gasteiger partial charge in [-0.05, 0) is 83.5 Å². The molecule has 3 atom stereocenters. The second kappa shape index (κ2) is 48.6. The summed E-state index contributed by atoms with van der Waals surface area (Å²) in [4.78, 5) is 26.1. The predicted octanol–water partition coefficient (Wildman–Crippen LogP) is 15.6. The Bertz CT molecular complexity index is 1090. The summed E-state index contributed by atoms with van der Waals surface area (Å²) in [6, 6.07) is -0.714. The van der Waals surface area contributed by atoms with Crippen LogP contribution in [-0.4, -0.2) is 46.9 Å². The number of carbonyl (C=O) groups excluding carboxylic acids is 2. The van der Waals surface area contributed by atoms with Gasteiger partial charge in [-0.2, -0.15) is 0 Å². The maximum Gasteiger partial charge on any atom is 0.306 e. The van der Waals surface area contributed by atoms with Crippen LogP contribution in [0.25, 0.3) is 0 Å². The molecule has 0 aromatic heterocycles. The molecule has 61 heavy (non-hydrogen) atoms. The lowest BCUT2D eigenvalue weighted by atomic mass is 10.0. The van der Waals surface area contributed by atoms with Crippen LogP contribution in [0.5, 0.6) is 0 Å². The molecule has 1 amide bonds. The van der Waals surface area contributed by atoms with Gasteiger partial charge in [0.15, 0.2) is 0 Å². The Morgan fingerprint density at radius 3 is 1.48 bits per heavy atom. The summed E-state index contributed by atoms with van der Waals surface area (Å²) in [5.74, 6) is -0.518. The molecule has 0 saturated heterocycles. The van der Waals surface area contributed by atoms with Crippen LogP contribution >= 0.6 is 0 Å². The number of amides is 1. The summed E-state index contributed by atoms with van der Waals surface area (Å²) in [6.07, 6.45) is 59.9. The van der Waals surface area contributed by atoms with Gasteiger partial charge in [0.1, 0.15) is 6.10 Å². The van der Waals surface area contributed by atoms with Gasteiger partial charge in [-0.3, -0.25) is 9.59 Å². The van der Waals surface area contributed by atoms with Gasteiger partial charge >= 0.3 is 5.97 Å². The molecule has 6 heteroatoms. The average molecular weight is 854 g/mol. The minimum Gasteiger partial charge on any atom is -0.462 e. The van der Waals surface area contributed by atoms with Gasteiger partial charge in [0.25, 0.3) is 0 Å². The Hall–Kier alpha value is -2.44. The fraction of sp³-hybridized carbons (Fsp3) is 0.782. The molecule has 0 bridgehead atoms. The molecule has 0 saturated carbocycles. The third-order valence-corrected chi connectivity index (χ3v) is 11.6. The molecule has 0 aromatic carbocycles. The van der Waals surface area contributed by atoms with Crippen LogP contribution in [0.4, 0.5) is 0 Å². The van der Waals surface area contributed by atoms with E-state index in [1.807, 2.05) is 0 Å². The van der Waals surface area contributed by atoms with E-state index in [-0.39, 0.29) is 24.9 Å². The van der Waals surface area contributed by atoms with Gasteiger partial charge in [-0.25, -0.2) is 0 Å². The predicted molar refractivity (Wildman–Crippen MR) is 264 cm³/mol. The first kappa shape index (κ1) is 58.6. The van der Waals surface area contributed by atoms with Crippen LogP contribution in [0.1, 0.15) is 252 Å². The van der Waals surface area contributed by atoms with Crippen LogP contribution in [0.15, 0.2) is 60.8 Å². The number of carbonyl (C=O) groups is 2. The number of hydrogen-bond donors (Lipinski definition) is 3. The summed E-state index contributed by atoms with van der Waals surface area (Å²) in [5.41, 5.74) is 0. The molecule has 0 aromatic rings. The van der Waals surface area contributed by atoms with Crippen molar-refractivity contribution in [2.45, 2.75) is 270 Å². The van der Waals surface area contributed by atoms with Crippen molar-refractivity contribution in [1.82, 2.24) is 5.32 Å². The first-order chi connectivity index (χ1) is 30.0. The Kier molecular flexibility index (Phi) is 46.6. The molecular weight excluding hydrogens is 755 g/mol. The number of allylic oxidation sites excluding steroid dienone is 10. The number of hydrogen-bond acceptors (Lipinski definition) is 5. The lowest BCUT2D eigenvalue weighted by molar-refractivity contribution is -0.151. The number of ether oxygens (including phenoxy) is 1. The second-order valence-electron chi connectivity index (χ2n) is 17.6. The van der Waals surface area contributed by atoms with Gasteiger partial charge in [-0.1, -0.05) is 216 Å². The van der Waals surface area contributed by atoms with Gasteiger partial charge in [-0.15, -0.1) is 0 Å². The van der Waals surface area contributed by atoms with Crippen molar-refractivity contribution in [2.75, 3.05) is 6.61 Å². The Morgan fingerprint density at radius 2 is 0.934 bits per heavy atom. The van der Waals surface area contributed by atoms with E-state index in [4.69, 9.17) is 4.74 Å². The van der Waals surface area contributed by atoms with E-state index in [1.165, 1.54) is 96.3 Å². The highest BCUT2D eigenvalue weighted by Gasteiger charge is 2.24. The first-order valence-electron chi connectivity index (χ1n) is 26.0. The number of esters is 1. The summed E-state index contributed by atoms with van der Waals surface area (Å²) >= 11 is 0. The smallest absolute Gasteiger partial charge is 0.306 e. The molecule has 0 fully saturated rings. The third kappa shape index (κ3) is 44.0. The largest absolute Gasteiger partial charge is 0.462 e. The standard InChI is InChI=1S/C55H99NO5/c1-4-7-10-13-16-19-22-25-27-29-32-35-38-41-44-47-53(58)52(50-57)56-54(59)49-51(46-43-40-37-34-31-28-24-21-18-15-12-9-6-3)61-55(60)48-45-42-39-36-33-30-26-23-20-17-14-11-8-5-2/h8,11,17-18,20-21,24,26,28,30,51-53,57-58H,4-7,9-10,12-16,19,22-23,25,27,29,31-50H2,1-3H3,(H,56,59)/b11-8+,20-17+,21-18+,28-24+,30-26+. The number of nitrogens with one attached hydrogen (secondary N) is 1. The van der Waals surface area contributed by atoms with Gasteiger partial charge in [0.2, 0.25) is 5.91 Å². The Balaban J connectivity index is 4.61. The average Bonchev–Trinajstić information content (AvgIpc) is 3.25. The topological polar surface area (TPSA) is 95.9 Å². The van der Waals surface area contributed by atoms with Crippen LogP contribution < -0.4 is 5.32 Å². The van der Waals surface area contributed by atoms with Crippen molar-refractivity contribution in [1.29, 1.82) is 0 Å². The van der Waals surface area contributed by atoms with Crippen molar-refractivity contribution in [3.05, 3.63) is 60.8 Å². The van der Waals surface area contributed by atoms with E-state index in [0.717, 1.165) is 109 Å². The number of aliphatic hydroxyl groups is 2. The molecule has 6 nitrogen and oxygen atoms in total. The van der Waals surface area contributed by atoms with E-state index in [0.29, 0.717) is 19.3 Å². The maximum atomic E-state index is 13.2. The van der Waals surface area contributed by atoms with E-state index in [9.17, 15) is 19.8 Å². The highest BCUT2D eigenvalue weighted by Crippen LogP contribution is 2.17. The molecule has 3 unspecified atom stereocenters. The lowest BCUT2D eigenvalue weighted by Crippen LogP contribution is -2.46. The Labute approximate surface area is 378 Å². The first-order valence-corrected chi connectivity index (χ1v) is 26.0. The monoisotopic (exact) mass is 854 g/mol. The van der Waals surface area contributed by atoms with Crippen LogP contribution in [0, 0.1) is 0 Å². The molecule has 0 aliphatic carbocycles. The van der Waals surface area contributed by atoms with Crippen molar-refractivity contribution >= 4 is 11.9 Å². The van der Waals surface area contributed by atoms with E-state index < -0.39 is 18.2 Å². The van der Waals surface area contributed by atoms with Crippen molar-refractivity contribution in [2.24, 2.45) is 0 Å². The number of unbranched alkanes of at least 4 members (excludes halogenated alkanes) is 25. The normalized spacial score (nSPS) is 13.7. The molecule has 354 valence electrons. The van der Waals surface area contributed by atoms with Crippen molar-refractivity contribution in [3.63, 3.8) is 0 Å². The lowest BCUT2D eigenvalue weighted by Gasteiger charge is -2.24. The van der Waals surface area contributed by atoms with Crippen molar-refractivity contribution in [3.8, 4) is 0 Å². The molecule has 0 rings (SSSR count). The van der Waals surface area contributed by atoms with E-state index in [1.54, 1.807) is 0 Å². The van der Waals surface area contributed by atoms with Gasteiger partial charge < -0.3 is 20.3 Å². The molecule has 0 radical (unpaired) electrons. The molecule has 0 aliphatic heterocycles. The SMILES string of the molecule is CC/C=C/C/C=C/C/C=C/CCCCCCC(=O)OC(CCCCCC/C=C/C=C/CCCCC)CC(=O)NC(CO)C(O)CCCCCCCCCCCCCCCCC. The maximum absolute atomic E-state index is 13.2. The number of aliphatic hydroxyl groups excluding tert-OH is 2. The zero-order valence-corrected chi connectivity index (χ0v) is 40.3. The van der Waals surface area contributed by atoms with Crippen LogP contribution in [0.2, 0.25) is 0 Å². The zero-order chi connectivity index (χ0) is 44.5. The molecule has 0 heterocycles. The van der Waals surface area contributed by atoms with Crippen LogP contribution in [-0.2, 0) is 14.3 Å². The quantitative estimate of drug-likeness (QED) is 0.0245. The second-order valence-corrected chi connectivity index (χ2v) is 17.6. The molecule has 3 N–H and O–H groups in total. The Morgan fingerprint density at radius 1 is 0.508 bits per heavy atom. The van der Waals surface area contributed by atoms with E-state index in [2.05, 4.69) is 86.8 Å². The minimum atomic E-state index is -0.798. The zero-order valence-electron chi connectivity index (χ0n) is 40.3. The molecular formula is C55H99NO5. The van der Waals surface area contributed by atoms with E-state index >= 15 is 0 Å². The van der Waals surface area contributed by atoms with Gasteiger partial charge in [0, 0.05) is 6.42 Å². The van der Waals surface area contributed by atoms with Crippen LogP contribution in [0.3, 0.4) is 0 Å². The summed E-state index contributed by atoms with van der Waals surface area (Å²) in [6.45, 7) is 6.34. The fourth-order valence-electron chi connectivity index (χ4n) is 7.67. The highest BCUT2D eigenvalue weighted by molar-refractivity contribution is 5.77. The van der Waals surface area contributed by atoms with Crippen molar-refractivity contribution < 1.29 is 24.5 Å². The molecule has 0 spiro atoms. The van der Waals surface area contributed by atoms with Gasteiger partial charge in [0.05, 0.1) is 25.2 Å². The third-order valence-electron chi connectivity index (χ3n) is 11.6. The summed E-state index contributed by atoms with van der Waals surface area (Å²) in [7, 11) is 0. The summed E-state index contributed by atoms with van der Waals surface area (Å²) in [5, 5.41) is 23.8.